The summed E-state index contributed by atoms with van der Waals surface area (Å²) in [5.41, 5.74) is 0.0931. The lowest BCUT2D eigenvalue weighted by molar-refractivity contribution is -0.138. The maximum Gasteiger partial charge on any atom is 0.217 e. The van der Waals surface area contributed by atoms with E-state index in [-0.39, 0.29) is 22.9 Å². The van der Waals surface area contributed by atoms with Crippen LogP contribution in [0.15, 0.2) is 9.98 Å². The standard InChI is InChI=1S/C19H32N2O4/c1-17(2,3)11-9-22-15(20-11)13-14(25-19(7,8)24-13)16-21-12(10-23-16)18(4,5)6/h11-14H,9-10H2,1-8H3/t11-,12-,13+,14+/m1/s1. The lowest BCUT2D eigenvalue weighted by Crippen LogP contribution is -2.37. The molecule has 0 radical (unpaired) electrons. The van der Waals surface area contributed by atoms with Crippen molar-refractivity contribution >= 4 is 11.8 Å². The third-order valence-electron chi connectivity index (χ3n) is 4.93. The molecule has 0 aliphatic carbocycles. The minimum Gasteiger partial charge on any atom is -0.477 e. The molecule has 0 N–H and O–H groups in total. The Hall–Kier alpha value is -1.14. The van der Waals surface area contributed by atoms with Crippen molar-refractivity contribution in [3.8, 4) is 0 Å². The number of aliphatic imine (C=N–C) groups is 2. The van der Waals surface area contributed by atoms with Crippen molar-refractivity contribution in [1.82, 2.24) is 0 Å². The maximum atomic E-state index is 6.10. The zero-order valence-corrected chi connectivity index (χ0v) is 16.8. The molecule has 3 heterocycles. The van der Waals surface area contributed by atoms with E-state index in [1.165, 1.54) is 0 Å². The predicted octanol–water partition coefficient (Wildman–Crippen LogP) is 3.19. The second kappa shape index (κ2) is 5.95. The van der Waals surface area contributed by atoms with Gasteiger partial charge in [-0.2, -0.15) is 0 Å². The predicted molar refractivity (Wildman–Crippen MR) is 97.1 cm³/mol. The van der Waals surface area contributed by atoms with Crippen molar-refractivity contribution in [2.45, 2.75) is 85.5 Å². The van der Waals surface area contributed by atoms with Crippen LogP contribution in [-0.2, 0) is 18.9 Å². The normalized spacial score (nSPS) is 35.2. The molecule has 4 atom stereocenters. The quantitative estimate of drug-likeness (QED) is 0.766. The first-order valence-corrected chi connectivity index (χ1v) is 9.13. The van der Waals surface area contributed by atoms with Crippen LogP contribution in [0.25, 0.3) is 0 Å². The van der Waals surface area contributed by atoms with Crippen LogP contribution in [0.2, 0.25) is 0 Å². The zero-order valence-electron chi connectivity index (χ0n) is 16.8. The van der Waals surface area contributed by atoms with Crippen molar-refractivity contribution in [1.29, 1.82) is 0 Å². The molecule has 0 spiro atoms. The van der Waals surface area contributed by atoms with Gasteiger partial charge >= 0.3 is 0 Å². The summed E-state index contributed by atoms with van der Waals surface area (Å²) in [6.07, 6.45) is -0.834. The van der Waals surface area contributed by atoms with E-state index < -0.39 is 18.0 Å². The van der Waals surface area contributed by atoms with Gasteiger partial charge in [-0.3, -0.25) is 0 Å². The molecule has 3 rings (SSSR count). The summed E-state index contributed by atoms with van der Waals surface area (Å²) in [7, 11) is 0. The van der Waals surface area contributed by atoms with Crippen molar-refractivity contribution in [3.05, 3.63) is 0 Å². The van der Waals surface area contributed by atoms with Crippen molar-refractivity contribution in [2.75, 3.05) is 13.2 Å². The van der Waals surface area contributed by atoms with E-state index in [4.69, 9.17) is 28.9 Å². The minimum absolute atomic E-state index is 0.0466. The summed E-state index contributed by atoms with van der Waals surface area (Å²) < 4.78 is 24.0. The number of nitrogens with zero attached hydrogens (tertiary/aromatic N) is 2. The fourth-order valence-corrected chi connectivity index (χ4v) is 3.11. The zero-order chi connectivity index (χ0) is 18.6. The fraction of sp³-hybridized carbons (Fsp3) is 0.895. The van der Waals surface area contributed by atoms with Gasteiger partial charge < -0.3 is 18.9 Å². The SMILES string of the molecule is CC1(C)O[C@H](C2=N[C@@H](C(C)(C)C)CO2)[C@@H](C2=N[C@@H](C(C)(C)C)CO2)O1. The van der Waals surface area contributed by atoms with Crippen LogP contribution >= 0.6 is 0 Å². The van der Waals surface area contributed by atoms with Crippen LogP contribution in [0.1, 0.15) is 55.4 Å². The average molecular weight is 352 g/mol. The van der Waals surface area contributed by atoms with Gasteiger partial charge in [0, 0.05) is 0 Å². The summed E-state index contributed by atoms with van der Waals surface area (Å²) in [5, 5.41) is 0. The highest BCUT2D eigenvalue weighted by Crippen LogP contribution is 2.36. The Labute approximate surface area is 151 Å². The first-order chi connectivity index (χ1) is 11.4. The molecular formula is C19H32N2O4. The highest BCUT2D eigenvalue weighted by molar-refractivity contribution is 5.93. The molecule has 6 heteroatoms. The molecule has 1 fully saturated rings. The summed E-state index contributed by atoms with van der Waals surface area (Å²) in [6, 6.07) is 0.230. The third kappa shape index (κ3) is 3.85. The van der Waals surface area contributed by atoms with Crippen LogP contribution in [0.3, 0.4) is 0 Å². The molecule has 0 aromatic carbocycles. The molecule has 0 aromatic heterocycles. The van der Waals surface area contributed by atoms with E-state index in [0.717, 1.165) is 0 Å². The second-order valence-corrected chi connectivity index (χ2v) is 9.80. The van der Waals surface area contributed by atoms with E-state index in [9.17, 15) is 0 Å². The summed E-state index contributed by atoms with van der Waals surface area (Å²) in [6.45, 7) is 17.9. The van der Waals surface area contributed by atoms with Crippen molar-refractivity contribution < 1.29 is 18.9 Å². The smallest absolute Gasteiger partial charge is 0.217 e. The van der Waals surface area contributed by atoms with Gasteiger partial charge in [0.05, 0.1) is 12.1 Å². The van der Waals surface area contributed by atoms with Crippen LogP contribution in [0, 0.1) is 10.8 Å². The van der Waals surface area contributed by atoms with Gasteiger partial charge in [0.25, 0.3) is 0 Å². The van der Waals surface area contributed by atoms with Crippen molar-refractivity contribution in [2.24, 2.45) is 20.8 Å². The maximum absolute atomic E-state index is 6.10. The van der Waals surface area contributed by atoms with E-state index >= 15 is 0 Å². The number of hydrogen-bond acceptors (Lipinski definition) is 6. The molecule has 6 nitrogen and oxygen atoms in total. The number of hydrogen-bond donors (Lipinski definition) is 0. The first kappa shape index (κ1) is 18.6. The van der Waals surface area contributed by atoms with Gasteiger partial charge in [0.15, 0.2) is 18.0 Å². The van der Waals surface area contributed by atoms with Gasteiger partial charge in [0.1, 0.15) is 13.2 Å². The molecule has 0 amide bonds. The fourth-order valence-electron chi connectivity index (χ4n) is 3.11. The molecule has 0 saturated carbocycles. The van der Waals surface area contributed by atoms with Crippen molar-refractivity contribution in [3.63, 3.8) is 0 Å². The number of rotatable bonds is 2. The molecule has 142 valence electrons. The molecule has 0 bridgehead atoms. The largest absolute Gasteiger partial charge is 0.477 e. The van der Waals surface area contributed by atoms with Gasteiger partial charge in [0.2, 0.25) is 11.8 Å². The highest BCUT2D eigenvalue weighted by atomic mass is 16.8. The highest BCUT2D eigenvalue weighted by Gasteiger charge is 2.51. The van der Waals surface area contributed by atoms with Crippen LogP contribution in [0.4, 0.5) is 0 Å². The van der Waals surface area contributed by atoms with E-state index in [1.54, 1.807) is 0 Å². The van der Waals surface area contributed by atoms with Gasteiger partial charge in [-0.25, -0.2) is 9.98 Å². The van der Waals surface area contributed by atoms with Gasteiger partial charge in [-0.1, -0.05) is 41.5 Å². The first-order valence-electron chi connectivity index (χ1n) is 9.13. The molecule has 3 aliphatic rings. The molecule has 1 saturated heterocycles. The van der Waals surface area contributed by atoms with Crippen LogP contribution in [0.5, 0.6) is 0 Å². The molecule has 0 aromatic rings. The van der Waals surface area contributed by atoms with E-state index in [1.807, 2.05) is 13.8 Å². The monoisotopic (exact) mass is 352 g/mol. The lowest BCUT2D eigenvalue weighted by atomic mass is 9.88. The van der Waals surface area contributed by atoms with Gasteiger partial charge in [-0.15, -0.1) is 0 Å². The van der Waals surface area contributed by atoms with Gasteiger partial charge in [-0.05, 0) is 24.7 Å². The Kier molecular flexibility index (Phi) is 4.44. The van der Waals surface area contributed by atoms with Crippen LogP contribution in [-0.4, -0.2) is 55.1 Å². The topological polar surface area (TPSA) is 61.6 Å². The Bertz CT molecular complexity index is 533. The lowest BCUT2D eigenvalue weighted by Gasteiger charge is -2.22. The van der Waals surface area contributed by atoms with Crippen LogP contribution < -0.4 is 0 Å². The van der Waals surface area contributed by atoms with E-state index in [2.05, 4.69) is 41.5 Å². The Balaban J connectivity index is 1.84. The Morgan fingerprint density at radius 2 is 1.12 bits per heavy atom. The molecule has 25 heavy (non-hydrogen) atoms. The van der Waals surface area contributed by atoms with E-state index in [0.29, 0.717) is 25.0 Å². The Morgan fingerprint density at radius 3 is 1.40 bits per heavy atom. The Morgan fingerprint density at radius 1 is 0.760 bits per heavy atom. The summed E-state index contributed by atoms with van der Waals surface area (Å²) >= 11 is 0. The molecule has 0 unspecified atom stereocenters. The third-order valence-corrected chi connectivity index (χ3v) is 4.93. The molecule has 3 aliphatic heterocycles. The average Bonchev–Trinajstić information content (AvgIpc) is 3.11. The number of ether oxygens (including phenoxy) is 4. The molecular weight excluding hydrogens is 320 g/mol. The summed E-state index contributed by atoms with van der Waals surface area (Å²) in [5.74, 6) is 0.467. The minimum atomic E-state index is -0.729. The summed E-state index contributed by atoms with van der Waals surface area (Å²) in [4.78, 5) is 9.55. The second-order valence-electron chi connectivity index (χ2n) is 9.80.